The van der Waals surface area contributed by atoms with Gasteiger partial charge < -0.3 is 10.2 Å². The van der Waals surface area contributed by atoms with Gasteiger partial charge in [0.25, 0.3) is 0 Å². The molecule has 1 unspecified atom stereocenters. The molecular weight excluding hydrogens is 178 g/mol. The lowest BCUT2D eigenvalue weighted by atomic mass is 9.95. The number of likely N-dealkylation sites (N-methyl/N-ethyl adjacent to an activating group) is 1. The number of nitrogens with zero attached hydrogens (tertiary/aromatic N) is 1. The topological polar surface area (TPSA) is 43.7 Å². The number of fused-ring (bicyclic) bond motifs is 1. The van der Waals surface area contributed by atoms with E-state index in [1.165, 1.54) is 0 Å². The highest BCUT2D eigenvalue weighted by molar-refractivity contribution is 5.46. The lowest BCUT2D eigenvalue weighted by molar-refractivity contribution is 0.230. The Bertz CT molecular complexity index is 328. The van der Waals surface area contributed by atoms with E-state index in [-0.39, 0.29) is 11.5 Å². The Labute approximate surface area is 83.6 Å². The van der Waals surface area contributed by atoms with Gasteiger partial charge in [0.05, 0.1) is 0 Å². The molecule has 0 radical (unpaired) electrons. The predicted molar refractivity (Wildman–Crippen MR) is 54.4 cm³/mol. The lowest BCUT2D eigenvalue weighted by Crippen LogP contribution is -2.34. The summed E-state index contributed by atoms with van der Waals surface area (Å²) in [5.74, 6) is -0.0350. The van der Waals surface area contributed by atoms with E-state index in [0.29, 0.717) is 6.04 Å². The van der Waals surface area contributed by atoms with Crippen LogP contribution in [0.3, 0.4) is 0 Å². The number of hydrogen-bond donors (Lipinski definition) is 2. The average Bonchev–Trinajstić information content (AvgIpc) is 2.11. The van der Waals surface area contributed by atoms with Crippen LogP contribution in [-0.2, 0) is 13.0 Å². The highest BCUT2D eigenvalue weighted by Crippen LogP contribution is 2.32. The number of benzene rings is 1. The monoisotopic (exact) mass is 193 g/mol. The number of hydrogen-bond acceptors (Lipinski definition) is 3. The Morgan fingerprint density at radius 2 is 1.79 bits per heavy atom. The van der Waals surface area contributed by atoms with Crippen molar-refractivity contribution in [2.45, 2.75) is 25.9 Å². The van der Waals surface area contributed by atoms with Crippen molar-refractivity contribution in [3.8, 4) is 11.5 Å². The zero-order chi connectivity index (χ0) is 10.3. The Kier molecular flexibility index (Phi) is 2.11. The highest BCUT2D eigenvalue weighted by atomic mass is 16.3. The van der Waals surface area contributed by atoms with Gasteiger partial charge in [-0.15, -0.1) is 0 Å². The zero-order valence-corrected chi connectivity index (χ0v) is 8.49. The van der Waals surface area contributed by atoms with Crippen molar-refractivity contribution >= 4 is 0 Å². The number of rotatable bonds is 0. The Balaban J connectivity index is 2.42. The van der Waals surface area contributed by atoms with Gasteiger partial charge in [-0.25, -0.2) is 0 Å². The SMILES string of the molecule is CC1Cc2cc(O)c(O)cc2CN1C. The summed E-state index contributed by atoms with van der Waals surface area (Å²) in [6.07, 6.45) is 0.930. The van der Waals surface area contributed by atoms with Crippen LogP contribution in [0.1, 0.15) is 18.1 Å². The van der Waals surface area contributed by atoms with E-state index in [2.05, 4.69) is 18.9 Å². The van der Waals surface area contributed by atoms with Gasteiger partial charge in [-0.1, -0.05) is 0 Å². The number of phenols is 2. The predicted octanol–water partition coefficient (Wildman–Crippen LogP) is 1.47. The van der Waals surface area contributed by atoms with Gasteiger partial charge in [0, 0.05) is 12.6 Å². The molecule has 0 saturated heterocycles. The van der Waals surface area contributed by atoms with E-state index < -0.39 is 0 Å². The van der Waals surface area contributed by atoms with E-state index in [4.69, 9.17) is 0 Å². The van der Waals surface area contributed by atoms with Crippen LogP contribution in [0.5, 0.6) is 11.5 Å². The highest BCUT2D eigenvalue weighted by Gasteiger charge is 2.20. The van der Waals surface area contributed by atoms with Crippen LogP contribution in [0.25, 0.3) is 0 Å². The molecule has 0 amide bonds. The summed E-state index contributed by atoms with van der Waals surface area (Å²) < 4.78 is 0. The molecule has 3 nitrogen and oxygen atoms in total. The van der Waals surface area contributed by atoms with Crippen molar-refractivity contribution < 1.29 is 10.2 Å². The minimum Gasteiger partial charge on any atom is -0.504 e. The second-order valence-corrected chi connectivity index (χ2v) is 4.08. The largest absolute Gasteiger partial charge is 0.504 e. The molecule has 0 aliphatic carbocycles. The number of aromatic hydroxyl groups is 2. The first-order valence-corrected chi connectivity index (χ1v) is 4.82. The summed E-state index contributed by atoms with van der Waals surface area (Å²) in [6, 6.07) is 3.83. The van der Waals surface area contributed by atoms with Crippen LogP contribution in [0, 0.1) is 0 Å². The second-order valence-electron chi connectivity index (χ2n) is 4.08. The first-order chi connectivity index (χ1) is 6.58. The summed E-state index contributed by atoms with van der Waals surface area (Å²) in [5, 5.41) is 18.7. The molecule has 76 valence electrons. The molecule has 1 atom stereocenters. The molecule has 0 bridgehead atoms. The minimum absolute atomic E-state index is 0.0134. The molecule has 1 aromatic carbocycles. The normalized spacial score (nSPS) is 22.0. The van der Waals surface area contributed by atoms with Crippen molar-refractivity contribution in [2.75, 3.05) is 7.05 Å². The van der Waals surface area contributed by atoms with Gasteiger partial charge in [0.1, 0.15) is 0 Å². The first-order valence-electron chi connectivity index (χ1n) is 4.82. The molecule has 1 heterocycles. The number of phenolic OH excluding ortho intramolecular Hbond substituents is 2. The van der Waals surface area contributed by atoms with E-state index >= 15 is 0 Å². The first kappa shape index (κ1) is 9.34. The third-order valence-corrected chi connectivity index (χ3v) is 2.98. The standard InChI is InChI=1S/C11H15NO2/c1-7-3-8-4-10(13)11(14)5-9(8)6-12(7)2/h4-5,7,13-14H,3,6H2,1-2H3. The van der Waals surface area contributed by atoms with Gasteiger partial charge in [0.15, 0.2) is 11.5 Å². The van der Waals surface area contributed by atoms with E-state index in [0.717, 1.165) is 24.1 Å². The second kappa shape index (κ2) is 3.17. The molecule has 0 fully saturated rings. The van der Waals surface area contributed by atoms with Crippen LogP contribution in [0.4, 0.5) is 0 Å². The third kappa shape index (κ3) is 1.44. The van der Waals surface area contributed by atoms with Gasteiger partial charge in [-0.2, -0.15) is 0 Å². The molecule has 0 spiro atoms. The maximum absolute atomic E-state index is 9.36. The lowest BCUT2D eigenvalue weighted by Gasteiger charge is -2.31. The van der Waals surface area contributed by atoms with Crippen molar-refractivity contribution in [3.63, 3.8) is 0 Å². The summed E-state index contributed by atoms with van der Waals surface area (Å²) >= 11 is 0. The molecule has 2 rings (SSSR count). The third-order valence-electron chi connectivity index (χ3n) is 2.98. The summed E-state index contributed by atoms with van der Waals surface area (Å²) in [6.45, 7) is 3.00. The van der Waals surface area contributed by atoms with E-state index in [1.54, 1.807) is 12.1 Å². The van der Waals surface area contributed by atoms with Crippen molar-refractivity contribution in [3.05, 3.63) is 23.3 Å². The maximum Gasteiger partial charge on any atom is 0.157 e. The molecule has 1 aliphatic rings. The quantitative estimate of drug-likeness (QED) is 0.613. The molecule has 14 heavy (non-hydrogen) atoms. The smallest absolute Gasteiger partial charge is 0.157 e. The van der Waals surface area contributed by atoms with Crippen molar-refractivity contribution in [1.29, 1.82) is 0 Å². The summed E-state index contributed by atoms with van der Waals surface area (Å²) in [5.41, 5.74) is 2.26. The molecule has 1 aliphatic heterocycles. The van der Waals surface area contributed by atoms with Crippen LogP contribution in [0.2, 0.25) is 0 Å². The average molecular weight is 193 g/mol. The van der Waals surface area contributed by atoms with E-state index in [9.17, 15) is 10.2 Å². The fourth-order valence-electron chi connectivity index (χ4n) is 1.90. The van der Waals surface area contributed by atoms with Gasteiger partial charge in [-0.05, 0) is 43.7 Å². The molecule has 2 N–H and O–H groups in total. The van der Waals surface area contributed by atoms with Crippen LogP contribution >= 0.6 is 0 Å². The maximum atomic E-state index is 9.36. The van der Waals surface area contributed by atoms with Crippen molar-refractivity contribution in [1.82, 2.24) is 4.90 Å². The molecule has 3 heteroatoms. The van der Waals surface area contributed by atoms with Gasteiger partial charge in [-0.3, -0.25) is 4.90 Å². The molecular formula is C11H15NO2. The van der Waals surface area contributed by atoms with Gasteiger partial charge in [0.2, 0.25) is 0 Å². The van der Waals surface area contributed by atoms with Crippen molar-refractivity contribution in [2.24, 2.45) is 0 Å². The van der Waals surface area contributed by atoms with Crippen LogP contribution in [-0.4, -0.2) is 28.2 Å². The Hall–Kier alpha value is -1.22. The Morgan fingerprint density at radius 1 is 1.21 bits per heavy atom. The van der Waals surface area contributed by atoms with Gasteiger partial charge >= 0.3 is 0 Å². The van der Waals surface area contributed by atoms with E-state index in [1.807, 2.05) is 0 Å². The molecule has 1 aromatic rings. The summed E-state index contributed by atoms with van der Waals surface area (Å²) in [7, 11) is 2.07. The minimum atomic E-state index is -0.0216. The fourth-order valence-corrected chi connectivity index (χ4v) is 1.90. The van der Waals surface area contributed by atoms with Crippen LogP contribution in [0.15, 0.2) is 12.1 Å². The fraction of sp³-hybridized carbons (Fsp3) is 0.455. The molecule has 0 aromatic heterocycles. The Morgan fingerprint density at radius 3 is 2.43 bits per heavy atom. The summed E-state index contributed by atoms with van der Waals surface area (Å²) in [4.78, 5) is 2.23. The van der Waals surface area contributed by atoms with Crippen LogP contribution < -0.4 is 0 Å². The molecule has 0 saturated carbocycles. The zero-order valence-electron chi connectivity index (χ0n) is 8.49.